The van der Waals surface area contributed by atoms with Crippen molar-refractivity contribution in [1.29, 1.82) is 0 Å². The summed E-state index contributed by atoms with van der Waals surface area (Å²) in [4.78, 5) is 18.0. The molecule has 5 heteroatoms. The Kier molecular flexibility index (Phi) is 5.29. The number of pyridine rings is 1. The van der Waals surface area contributed by atoms with Crippen LogP contribution in [0.15, 0.2) is 48.7 Å². The highest BCUT2D eigenvalue weighted by molar-refractivity contribution is 5.89. The fraction of sp³-hybridized carbons (Fsp3) is 0.250. The second-order valence-electron chi connectivity index (χ2n) is 4.83. The van der Waals surface area contributed by atoms with E-state index in [0.717, 1.165) is 23.4 Å². The highest BCUT2D eigenvalue weighted by Gasteiger charge is 2.09. The molecule has 0 unspecified atom stereocenters. The van der Waals surface area contributed by atoms with E-state index in [1.54, 1.807) is 18.1 Å². The van der Waals surface area contributed by atoms with Crippen LogP contribution < -0.4 is 11.1 Å². The molecule has 0 atom stereocenters. The first-order chi connectivity index (χ1) is 10.2. The van der Waals surface area contributed by atoms with Crippen molar-refractivity contribution in [1.82, 2.24) is 9.88 Å². The Labute approximate surface area is 124 Å². The van der Waals surface area contributed by atoms with Gasteiger partial charge in [0, 0.05) is 44.1 Å². The molecule has 2 aromatic rings. The third kappa shape index (κ3) is 4.57. The summed E-state index contributed by atoms with van der Waals surface area (Å²) < 4.78 is 0. The summed E-state index contributed by atoms with van der Waals surface area (Å²) in [5.74, 6) is 0. The van der Waals surface area contributed by atoms with Crippen molar-refractivity contribution in [2.45, 2.75) is 13.0 Å². The first-order valence-corrected chi connectivity index (χ1v) is 6.90. The first kappa shape index (κ1) is 15.0. The van der Waals surface area contributed by atoms with Crippen LogP contribution in [0.25, 0.3) is 0 Å². The number of hydrogen-bond donors (Lipinski definition) is 2. The second-order valence-corrected chi connectivity index (χ2v) is 4.83. The summed E-state index contributed by atoms with van der Waals surface area (Å²) >= 11 is 0. The Morgan fingerprint density at radius 1 is 1.29 bits per heavy atom. The number of carbonyl (C=O) groups is 1. The van der Waals surface area contributed by atoms with Crippen LogP contribution in [0, 0.1) is 0 Å². The van der Waals surface area contributed by atoms with Crippen LogP contribution >= 0.6 is 0 Å². The van der Waals surface area contributed by atoms with E-state index in [0.29, 0.717) is 13.1 Å². The zero-order chi connectivity index (χ0) is 15.1. The zero-order valence-corrected chi connectivity index (χ0v) is 12.1. The first-order valence-electron chi connectivity index (χ1n) is 6.90. The van der Waals surface area contributed by atoms with Crippen LogP contribution in [0.2, 0.25) is 0 Å². The van der Waals surface area contributed by atoms with E-state index in [9.17, 15) is 4.79 Å². The molecule has 1 heterocycles. The monoisotopic (exact) mass is 284 g/mol. The van der Waals surface area contributed by atoms with Gasteiger partial charge < -0.3 is 16.0 Å². The third-order valence-electron chi connectivity index (χ3n) is 3.19. The van der Waals surface area contributed by atoms with Gasteiger partial charge in [-0.05, 0) is 29.8 Å². The minimum Gasteiger partial charge on any atom is -0.327 e. The summed E-state index contributed by atoms with van der Waals surface area (Å²) in [6.45, 7) is 1.07. The number of aromatic nitrogens is 1. The number of likely N-dealkylation sites (N-methyl/N-ethyl adjacent to an activating group) is 1. The van der Waals surface area contributed by atoms with Crippen molar-refractivity contribution in [2.24, 2.45) is 5.73 Å². The normalized spacial score (nSPS) is 10.2. The van der Waals surface area contributed by atoms with Gasteiger partial charge in [0.25, 0.3) is 0 Å². The molecule has 0 radical (unpaired) electrons. The number of carbonyl (C=O) groups excluding carboxylic acids is 1. The molecule has 0 bridgehead atoms. The zero-order valence-electron chi connectivity index (χ0n) is 12.1. The van der Waals surface area contributed by atoms with Crippen LogP contribution in [-0.4, -0.2) is 29.5 Å². The van der Waals surface area contributed by atoms with E-state index >= 15 is 0 Å². The number of nitrogens with two attached hydrogens (primary N) is 1. The molecule has 2 amide bonds. The molecular formula is C16H20N4O. The Bertz CT molecular complexity index is 586. The molecule has 0 aliphatic heterocycles. The van der Waals surface area contributed by atoms with Gasteiger partial charge in [0.05, 0.1) is 0 Å². The smallest absolute Gasteiger partial charge is 0.321 e. The maximum absolute atomic E-state index is 12.1. The van der Waals surface area contributed by atoms with Gasteiger partial charge in [-0.15, -0.1) is 0 Å². The molecule has 0 saturated heterocycles. The molecule has 0 saturated carbocycles. The molecular weight excluding hydrogens is 264 g/mol. The second kappa shape index (κ2) is 7.40. The lowest BCUT2D eigenvalue weighted by Gasteiger charge is -2.18. The standard InChI is InChI=1S/C16H20N4O/c1-20(10-8-14-6-2-3-9-18-14)16(21)19-15-7-4-5-13(11-15)12-17/h2-7,9,11H,8,10,12,17H2,1H3,(H,19,21). The molecule has 0 aliphatic rings. The Balaban J connectivity index is 1.87. The summed E-state index contributed by atoms with van der Waals surface area (Å²) in [7, 11) is 1.77. The van der Waals surface area contributed by atoms with Gasteiger partial charge in [0.15, 0.2) is 0 Å². The number of rotatable bonds is 5. The predicted octanol–water partition coefficient (Wildman–Crippen LogP) is 2.25. The molecule has 5 nitrogen and oxygen atoms in total. The lowest BCUT2D eigenvalue weighted by atomic mass is 10.2. The quantitative estimate of drug-likeness (QED) is 0.884. The van der Waals surface area contributed by atoms with Crippen LogP contribution in [0.3, 0.4) is 0 Å². The molecule has 0 aliphatic carbocycles. The lowest BCUT2D eigenvalue weighted by Crippen LogP contribution is -2.33. The van der Waals surface area contributed by atoms with E-state index in [1.807, 2.05) is 42.5 Å². The summed E-state index contributed by atoms with van der Waals surface area (Å²) in [6.07, 6.45) is 2.49. The van der Waals surface area contributed by atoms with Gasteiger partial charge in [-0.2, -0.15) is 0 Å². The highest BCUT2D eigenvalue weighted by atomic mass is 16.2. The van der Waals surface area contributed by atoms with Gasteiger partial charge in [-0.3, -0.25) is 4.98 Å². The van der Waals surface area contributed by atoms with Gasteiger partial charge in [0.2, 0.25) is 0 Å². The van der Waals surface area contributed by atoms with Crippen LogP contribution in [-0.2, 0) is 13.0 Å². The molecule has 1 aromatic heterocycles. The summed E-state index contributed by atoms with van der Waals surface area (Å²) in [5, 5.41) is 2.86. The Hall–Kier alpha value is -2.40. The summed E-state index contributed by atoms with van der Waals surface area (Å²) in [6, 6.07) is 13.2. The van der Waals surface area contributed by atoms with Crippen molar-refractivity contribution >= 4 is 11.7 Å². The largest absolute Gasteiger partial charge is 0.327 e. The number of nitrogens with one attached hydrogen (secondary N) is 1. The molecule has 0 spiro atoms. The average molecular weight is 284 g/mol. The summed E-state index contributed by atoms with van der Waals surface area (Å²) in [5.41, 5.74) is 8.31. The van der Waals surface area contributed by atoms with E-state index in [-0.39, 0.29) is 6.03 Å². The van der Waals surface area contributed by atoms with Gasteiger partial charge in [-0.1, -0.05) is 18.2 Å². The van der Waals surface area contributed by atoms with Crippen LogP contribution in [0.4, 0.5) is 10.5 Å². The molecule has 0 fully saturated rings. The van der Waals surface area contributed by atoms with Gasteiger partial charge >= 0.3 is 6.03 Å². The van der Waals surface area contributed by atoms with Crippen molar-refractivity contribution in [2.75, 3.05) is 18.9 Å². The average Bonchev–Trinajstić information content (AvgIpc) is 2.53. The SMILES string of the molecule is CN(CCc1ccccn1)C(=O)Nc1cccc(CN)c1. The van der Waals surface area contributed by atoms with Crippen molar-refractivity contribution in [3.05, 3.63) is 59.9 Å². The fourth-order valence-corrected chi connectivity index (χ4v) is 1.92. The minimum atomic E-state index is -0.139. The van der Waals surface area contributed by atoms with E-state index in [1.165, 1.54) is 0 Å². The number of hydrogen-bond acceptors (Lipinski definition) is 3. The maximum Gasteiger partial charge on any atom is 0.321 e. The van der Waals surface area contributed by atoms with Crippen LogP contribution in [0.5, 0.6) is 0 Å². The van der Waals surface area contributed by atoms with E-state index in [2.05, 4.69) is 10.3 Å². The number of urea groups is 1. The highest BCUT2D eigenvalue weighted by Crippen LogP contribution is 2.10. The molecule has 3 N–H and O–H groups in total. The molecule has 21 heavy (non-hydrogen) atoms. The Morgan fingerprint density at radius 3 is 2.86 bits per heavy atom. The number of anilines is 1. The Morgan fingerprint density at radius 2 is 2.14 bits per heavy atom. The lowest BCUT2D eigenvalue weighted by molar-refractivity contribution is 0.223. The van der Waals surface area contributed by atoms with Crippen molar-refractivity contribution in [3.8, 4) is 0 Å². The number of benzene rings is 1. The van der Waals surface area contributed by atoms with Gasteiger partial charge in [0.1, 0.15) is 0 Å². The minimum absolute atomic E-state index is 0.139. The van der Waals surface area contributed by atoms with Crippen LogP contribution in [0.1, 0.15) is 11.3 Å². The van der Waals surface area contributed by atoms with E-state index in [4.69, 9.17) is 5.73 Å². The van der Waals surface area contributed by atoms with Gasteiger partial charge in [-0.25, -0.2) is 4.79 Å². The topological polar surface area (TPSA) is 71.2 Å². The number of nitrogens with zero attached hydrogens (tertiary/aromatic N) is 2. The van der Waals surface area contributed by atoms with E-state index < -0.39 is 0 Å². The molecule has 1 aromatic carbocycles. The maximum atomic E-state index is 12.1. The molecule has 110 valence electrons. The van der Waals surface area contributed by atoms with Crippen molar-refractivity contribution < 1.29 is 4.79 Å². The fourth-order valence-electron chi connectivity index (χ4n) is 1.92. The molecule has 2 rings (SSSR count). The number of amides is 2. The third-order valence-corrected chi connectivity index (χ3v) is 3.19. The van der Waals surface area contributed by atoms with Crippen molar-refractivity contribution in [3.63, 3.8) is 0 Å². The predicted molar refractivity (Wildman–Crippen MR) is 83.9 cm³/mol.